The Labute approximate surface area is 180 Å². The Morgan fingerprint density at radius 2 is 2.03 bits per heavy atom. The van der Waals surface area contributed by atoms with Crippen molar-refractivity contribution in [2.24, 2.45) is 0 Å². The summed E-state index contributed by atoms with van der Waals surface area (Å²) in [5.74, 6) is -0.154. The third-order valence-electron chi connectivity index (χ3n) is 4.97. The lowest BCUT2D eigenvalue weighted by Gasteiger charge is -2.35. The average Bonchev–Trinajstić information content (AvgIpc) is 3.18. The van der Waals surface area contributed by atoms with Gasteiger partial charge < -0.3 is 5.32 Å². The number of hydrogen-bond acceptors (Lipinski definition) is 5. The van der Waals surface area contributed by atoms with Gasteiger partial charge in [-0.1, -0.05) is 30.3 Å². The number of anilines is 1. The van der Waals surface area contributed by atoms with E-state index in [1.165, 1.54) is 22.6 Å². The van der Waals surface area contributed by atoms with Crippen LogP contribution in [0.1, 0.15) is 22.0 Å². The van der Waals surface area contributed by atoms with Crippen LogP contribution in [0.15, 0.2) is 64.5 Å². The summed E-state index contributed by atoms with van der Waals surface area (Å²) in [6, 6.07) is 16.7. The summed E-state index contributed by atoms with van der Waals surface area (Å²) in [7, 11) is 0. The van der Waals surface area contributed by atoms with E-state index in [-0.39, 0.29) is 24.2 Å². The number of nitrogens with zero attached hydrogens (tertiary/aromatic N) is 2. The topological polar surface area (TPSA) is 75.5 Å². The van der Waals surface area contributed by atoms with Gasteiger partial charge in [0, 0.05) is 28.0 Å². The molecule has 0 saturated heterocycles. The molecule has 29 heavy (non-hydrogen) atoms. The molecule has 8 heteroatoms. The number of nitrogens with one attached hydrogen (secondary N) is 1. The molecule has 1 aliphatic heterocycles. The van der Waals surface area contributed by atoms with Gasteiger partial charge in [0.25, 0.3) is 5.69 Å². The number of nitro groups is 1. The second-order valence-corrected chi connectivity index (χ2v) is 8.66. The molecule has 1 aliphatic rings. The Kier molecular flexibility index (Phi) is 5.75. The van der Waals surface area contributed by atoms with Crippen LogP contribution in [0.3, 0.4) is 0 Å². The standard InChI is InChI=1S/C21H18BrN3O3S/c22-17-12-15(25(27)28)6-7-18(17)23-20(26)13-24-10-8-19-16(9-11-29-19)21(24)14-4-2-1-3-5-14/h1-7,9,11-12,21H,8,10,13H2,(H,23,26). The molecule has 1 N–H and O–H groups in total. The van der Waals surface area contributed by atoms with Gasteiger partial charge in [0.2, 0.25) is 5.91 Å². The summed E-state index contributed by atoms with van der Waals surface area (Å²) in [6.07, 6.45) is 0.921. The third-order valence-corrected chi connectivity index (χ3v) is 6.62. The number of halogens is 1. The van der Waals surface area contributed by atoms with Crippen LogP contribution in [0.5, 0.6) is 0 Å². The van der Waals surface area contributed by atoms with E-state index in [1.807, 2.05) is 18.2 Å². The number of thiophene rings is 1. The van der Waals surface area contributed by atoms with Crippen LogP contribution < -0.4 is 5.32 Å². The van der Waals surface area contributed by atoms with Gasteiger partial charge in [0.15, 0.2) is 0 Å². The van der Waals surface area contributed by atoms with Crippen molar-refractivity contribution in [1.82, 2.24) is 4.90 Å². The van der Waals surface area contributed by atoms with Gasteiger partial charge in [0.05, 0.1) is 23.2 Å². The highest BCUT2D eigenvalue weighted by atomic mass is 79.9. The molecule has 2 heterocycles. The number of benzene rings is 2. The minimum absolute atomic E-state index is 0.0277. The van der Waals surface area contributed by atoms with E-state index in [2.05, 4.69) is 49.7 Å². The highest BCUT2D eigenvalue weighted by molar-refractivity contribution is 9.10. The first-order valence-corrected chi connectivity index (χ1v) is 10.8. The van der Waals surface area contributed by atoms with Gasteiger partial charge in [-0.25, -0.2) is 0 Å². The molecular formula is C21H18BrN3O3S. The molecular weight excluding hydrogens is 454 g/mol. The number of carbonyl (C=O) groups is 1. The van der Waals surface area contributed by atoms with Crippen LogP contribution in [0, 0.1) is 10.1 Å². The van der Waals surface area contributed by atoms with Gasteiger partial charge in [-0.15, -0.1) is 11.3 Å². The Morgan fingerprint density at radius 1 is 1.24 bits per heavy atom. The van der Waals surface area contributed by atoms with E-state index in [4.69, 9.17) is 0 Å². The molecule has 0 bridgehead atoms. The number of hydrogen-bond donors (Lipinski definition) is 1. The molecule has 1 amide bonds. The minimum Gasteiger partial charge on any atom is -0.324 e. The molecule has 4 rings (SSSR count). The van der Waals surface area contributed by atoms with Crippen molar-refractivity contribution < 1.29 is 9.72 Å². The number of rotatable bonds is 5. The number of fused-ring (bicyclic) bond motifs is 1. The second kappa shape index (κ2) is 8.44. The predicted octanol–water partition coefficient (Wildman–Crippen LogP) is 5.01. The first-order valence-electron chi connectivity index (χ1n) is 9.12. The summed E-state index contributed by atoms with van der Waals surface area (Å²) < 4.78 is 0.485. The fourth-order valence-corrected chi connectivity index (χ4v) is 5.03. The number of nitro benzene ring substituents is 1. The van der Waals surface area contributed by atoms with Crippen LogP contribution in [0.4, 0.5) is 11.4 Å². The largest absolute Gasteiger partial charge is 0.324 e. The van der Waals surface area contributed by atoms with Gasteiger partial charge in [-0.2, -0.15) is 0 Å². The lowest BCUT2D eigenvalue weighted by atomic mass is 9.93. The Bertz CT molecular complexity index is 1050. The zero-order valence-electron chi connectivity index (χ0n) is 15.4. The minimum atomic E-state index is -0.465. The van der Waals surface area contributed by atoms with Gasteiger partial charge in [0.1, 0.15) is 0 Å². The molecule has 2 aromatic carbocycles. The molecule has 0 saturated carbocycles. The van der Waals surface area contributed by atoms with Crippen LogP contribution in [0.2, 0.25) is 0 Å². The summed E-state index contributed by atoms with van der Waals surface area (Å²) in [5, 5.41) is 15.9. The molecule has 0 fully saturated rings. The summed E-state index contributed by atoms with van der Waals surface area (Å²) in [5.41, 5.74) is 2.91. The van der Waals surface area contributed by atoms with Crippen LogP contribution in [-0.2, 0) is 11.2 Å². The van der Waals surface area contributed by atoms with Crippen molar-refractivity contribution in [1.29, 1.82) is 0 Å². The van der Waals surface area contributed by atoms with E-state index < -0.39 is 4.92 Å². The normalized spacial score (nSPS) is 16.2. The predicted molar refractivity (Wildman–Crippen MR) is 117 cm³/mol. The van der Waals surface area contributed by atoms with Crippen LogP contribution >= 0.6 is 27.3 Å². The first-order chi connectivity index (χ1) is 14.0. The fourth-order valence-electron chi connectivity index (χ4n) is 3.66. The van der Waals surface area contributed by atoms with E-state index >= 15 is 0 Å². The van der Waals surface area contributed by atoms with Crippen molar-refractivity contribution in [3.05, 3.63) is 90.6 Å². The Morgan fingerprint density at radius 3 is 2.76 bits per heavy atom. The SMILES string of the molecule is O=C(CN1CCc2sccc2C1c1ccccc1)Nc1ccc([N+](=O)[O-])cc1Br. The summed E-state index contributed by atoms with van der Waals surface area (Å²) >= 11 is 5.07. The fraction of sp³-hybridized carbons (Fsp3) is 0.190. The maximum atomic E-state index is 12.8. The van der Waals surface area contributed by atoms with Gasteiger partial charge >= 0.3 is 0 Å². The second-order valence-electron chi connectivity index (χ2n) is 6.80. The lowest BCUT2D eigenvalue weighted by molar-refractivity contribution is -0.384. The Balaban J connectivity index is 1.53. The molecule has 1 atom stereocenters. The molecule has 0 spiro atoms. The van der Waals surface area contributed by atoms with E-state index in [1.54, 1.807) is 17.4 Å². The maximum absolute atomic E-state index is 12.8. The monoisotopic (exact) mass is 471 g/mol. The zero-order valence-corrected chi connectivity index (χ0v) is 17.8. The third kappa shape index (κ3) is 4.24. The zero-order chi connectivity index (χ0) is 20.4. The van der Waals surface area contributed by atoms with Crippen molar-refractivity contribution in [2.45, 2.75) is 12.5 Å². The van der Waals surface area contributed by atoms with Crippen molar-refractivity contribution >= 4 is 44.5 Å². The quantitative estimate of drug-likeness (QED) is 0.419. The Hall–Kier alpha value is -2.55. The van der Waals surface area contributed by atoms with Crippen molar-refractivity contribution in [3.63, 3.8) is 0 Å². The highest BCUT2D eigenvalue weighted by Gasteiger charge is 2.30. The van der Waals surface area contributed by atoms with Gasteiger partial charge in [-0.3, -0.25) is 19.8 Å². The number of carbonyl (C=O) groups excluding carboxylic acids is 1. The summed E-state index contributed by atoms with van der Waals surface area (Å²) in [4.78, 5) is 26.7. The molecule has 148 valence electrons. The molecule has 6 nitrogen and oxygen atoms in total. The van der Waals surface area contributed by atoms with E-state index in [0.717, 1.165) is 18.5 Å². The van der Waals surface area contributed by atoms with Gasteiger partial charge in [-0.05, 0) is 51.0 Å². The molecule has 0 radical (unpaired) electrons. The van der Waals surface area contributed by atoms with Crippen molar-refractivity contribution in [3.8, 4) is 0 Å². The van der Waals surface area contributed by atoms with Crippen LogP contribution in [-0.4, -0.2) is 28.8 Å². The van der Waals surface area contributed by atoms with E-state index in [0.29, 0.717) is 10.2 Å². The maximum Gasteiger partial charge on any atom is 0.270 e. The molecule has 0 aliphatic carbocycles. The molecule has 3 aromatic rings. The molecule has 1 unspecified atom stereocenters. The lowest BCUT2D eigenvalue weighted by Crippen LogP contribution is -2.40. The van der Waals surface area contributed by atoms with Crippen LogP contribution in [0.25, 0.3) is 0 Å². The highest BCUT2D eigenvalue weighted by Crippen LogP contribution is 2.37. The van der Waals surface area contributed by atoms with Crippen molar-refractivity contribution in [2.75, 3.05) is 18.4 Å². The van der Waals surface area contributed by atoms with E-state index in [9.17, 15) is 14.9 Å². The summed E-state index contributed by atoms with van der Waals surface area (Å²) in [6.45, 7) is 1.03. The average molecular weight is 472 g/mol. The first kappa shape index (κ1) is 19.8. The number of amides is 1. The molecule has 1 aromatic heterocycles. The smallest absolute Gasteiger partial charge is 0.270 e. The number of non-ortho nitro benzene ring substituents is 1.